The van der Waals surface area contributed by atoms with E-state index < -0.39 is 0 Å². The molecule has 0 bridgehead atoms. The zero-order valence-electron chi connectivity index (χ0n) is 10.2. The largest absolute Gasteiger partial charge is 0.371 e. The summed E-state index contributed by atoms with van der Waals surface area (Å²) in [4.78, 5) is 2.42. The first-order valence-corrected chi connectivity index (χ1v) is 5.93. The molecule has 2 atom stereocenters. The lowest BCUT2D eigenvalue weighted by atomic mass is 9.76. The molecular weight excluding hydrogens is 182 g/mol. The zero-order valence-corrected chi connectivity index (χ0v) is 10.2. The summed E-state index contributed by atoms with van der Waals surface area (Å²) in [5.41, 5.74) is 3.28. The maximum atomic E-state index is 2.42. The average Bonchev–Trinajstić information content (AvgIpc) is 2.43. The first-order chi connectivity index (χ1) is 7.11. The minimum Gasteiger partial charge on any atom is -0.371 e. The first-order valence-electron chi connectivity index (χ1n) is 5.93. The molecule has 0 aliphatic carbocycles. The Morgan fingerprint density at radius 1 is 1.33 bits per heavy atom. The Balaban J connectivity index is 2.50. The van der Waals surface area contributed by atoms with Gasteiger partial charge in [-0.15, -0.1) is 0 Å². The number of rotatable bonds is 2. The molecule has 1 unspecified atom stereocenters. The van der Waals surface area contributed by atoms with Crippen LogP contribution < -0.4 is 4.90 Å². The third-order valence-corrected chi connectivity index (χ3v) is 4.17. The Morgan fingerprint density at radius 2 is 2.00 bits per heavy atom. The number of likely N-dealkylation sites (N-methyl/N-ethyl adjacent to an activating group) is 1. The van der Waals surface area contributed by atoms with Crippen molar-refractivity contribution in [1.29, 1.82) is 0 Å². The second-order valence-electron chi connectivity index (χ2n) is 4.97. The van der Waals surface area contributed by atoms with Crippen molar-refractivity contribution in [3.63, 3.8) is 0 Å². The summed E-state index contributed by atoms with van der Waals surface area (Å²) in [6.45, 7) is 7.03. The second-order valence-corrected chi connectivity index (χ2v) is 4.97. The summed E-state index contributed by atoms with van der Waals surface area (Å²) in [6.07, 6.45) is 2.53. The molecule has 1 aromatic carbocycles. The fourth-order valence-corrected chi connectivity index (χ4v) is 2.99. The molecule has 0 saturated carbocycles. The van der Waals surface area contributed by atoms with E-state index in [1.807, 2.05) is 0 Å². The van der Waals surface area contributed by atoms with E-state index in [0.717, 1.165) is 0 Å². The van der Waals surface area contributed by atoms with Crippen molar-refractivity contribution in [2.45, 2.75) is 45.1 Å². The maximum absolute atomic E-state index is 2.42. The Bertz CT molecular complexity index is 358. The van der Waals surface area contributed by atoms with Crippen LogP contribution in [0.5, 0.6) is 0 Å². The highest BCUT2D eigenvalue weighted by atomic mass is 15.2. The van der Waals surface area contributed by atoms with Crippen LogP contribution >= 0.6 is 0 Å². The van der Waals surface area contributed by atoms with Gasteiger partial charge in [-0.25, -0.2) is 0 Å². The number of benzene rings is 1. The summed E-state index contributed by atoms with van der Waals surface area (Å²) in [5, 5.41) is 0. The lowest BCUT2D eigenvalue weighted by Crippen LogP contribution is -2.38. The van der Waals surface area contributed by atoms with Gasteiger partial charge in [-0.3, -0.25) is 0 Å². The number of para-hydroxylation sites is 1. The van der Waals surface area contributed by atoms with Crippen LogP contribution in [0.2, 0.25) is 0 Å². The van der Waals surface area contributed by atoms with Gasteiger partial charge in [0.15, 0.2) is 0 Å². The number of hydrogen-bond donors (Lipinski definition) is 0. The quantitative estimate of drug-likeness (QED) is 0.710. The smallest absolute Gasteiger partial charge is 0.0405 e. The van der Waals surface area contributed by atoms with Crippen molar-refractivity contribution in [2.75, 3.05) is 11.9 Å². The molecule has 1 nitrogen and oxygen atoms in total. The average molecular weight is 203 g/mol. The van der Waals surface area contributed by atoms with E-state index in [2.05, 4.69) is 57.0 Å². The fourth-order valence-electron chi connectivity index (χ4n) is 2.99. The van der Waals surface area contributed by atoms with E-state index in [4.69, 9.17) is 0 Å². The van der Waals surface area contributed by atoms with Gasteiger partial charge in [0.1, 0.15) is 0 Å². The van der Waals surface area contributed by atoms with E-state index in [1.165, 1.54) is 24.1 Å². The maximum Gasteiger partial charge on any atom is 0.0405 e. The fraction of sp³-hybridized carbons (Fsp3) is 0.571. The van der Waals surface area contributed by atoms with Gasteiger partial charge in [-0.2, -0.15) is 0 Å². The minimum atomic E-state index is 0.333. The van der Waals surface area contributed by atoms with Crippen LogP contribution in [-0.4, -0.2) is 13.1 Å². The molecule has 15 heavy (non-hydrogen) atoms. The van der Waals surface area contributed by atoms with Crippen LogP contribution in [0.3, 0.4) is 0 Å². The lowest BCUT2D eigenvalue weighted by molar-refractivity contribution is 0.379. The normalized spacial score (nSPS) is 29.3. The van der Waals surface area contributed by atoms with Crippen LogP contribution in [0.25, 0.3) is 0 Å². The Kier molecular flexibility index (Phi) is 2.49. The molecule has 1 aliphatic heterocycles. The van der Waals surface area contributed by atoms with Gasteiger partial charge < -0.3 is 4.90 Å². The molecule has 0 spiro atoms. The van der Waals surface area contributed by atoms with Gasteiger partial charge in [0.05, 0.1) is 0 Å². The molecule has 1 heteroatoms. The van der Waals surface area contributed by atoms with Crippen LogP contribution in [0, 0.1) is 0 Å². The van der Waals surface area contributed by atoms with Crippen molar-refractivity contribution < 1.29 is 0 Å². The molecule has 1 heterocycles. The third kappa shape index (κ3) is 1.37. The molecular formula is C14H21N. The van der Waals surface area contributed by atoms with Gasteiger partial charge in [-0.05, 0) is 25.0 Å². The molecule has 0 N–H and O–H groups in total. The molecule has 0 radical (unpaired) electrons. The molecule has 2 rings (SSSR count). The topological polar surface area (TPSA) is 3.24 Å². The van der Waals surface area contributed by atoms with Crippen molar-refractivity contribution >= 4 is 5.69 Å². The zero-order chi connectivity index (χ0) is 11.1. The molecule has 0 aromatic heterocycles. The standard InChI is InChI=1S/C14H21N/c1-5-10-14(3)11(2)15(4)13-9-7-6-8-12(13)14/h6-9,11H,5,10H2,1-4H3/t11?,14-/m1/s1. The monoisotopic (exact) mass is 203 g/mol. The van der Waals surface area contributed by atoms with Crippen LogP contribution in [-0.2, 0) is 5.41 Å². The summed E-state index contributed by atoms with van der Waals surface area (Å²) >= 11 is 0. The van der Waals surface area contributed by atoms with E-state index in [0.29, 0.717) is 11.5 Å². The van der Waals surface area contributed by atoms with Crippen LogP contribution in [0.15, 0.2) is 24.3 Å². The predicted octanol–water partition coefficient (Wildman–Crippen LogP) is 3.58. The number of hydrogen-bond acceptors (Lipinski definition) is 1. The lowest BCUT2D eigenvalue weighted by Gasteiger charge is -2.32. The summed E-state index contributed by atoms with van der Waals surface area (Å²) in [5.74, 6) is 0. The Hall–Kier alpha value is -0.980. The van der Waals surface area contributed by atoms with Crippen molar-refractivity contribution in [3.8, 4) is 0 Å². The van der Waals surface area contributed by atoms with E-state index in [1.54, 1.807) is 0 Å². The summed E-state index contributed by atoms with van der Waals surface area (Å²) in [6, 6.07) is 9.45. The van der Waals surface area contributed by atoms with E-state index in [9.17, 15) is 0 Å². The number of anilines is 1. The third-order valence-electron chi connectivity index (χ3n) is 4.17. The second kappa shape index (κ2) is 3.55. The van der Waals surface area contributed by atoms with E-state index in [-0.39, 0.29) is 0 Å². The van der Waals surface area contributed by atoms with Crippen molar-refractivity contribution in [1.82, 2.24) is 0 Å². The highest BCUT2D eigenvalue weighted by molar-refractivity contribution is 5.63. The van der Waals surface area contributed by atoms with Crippen LogP contribution in [0.4, 0.5) is 5.69 Å². The molecule has 1 aromatic rings. The first kappa shape index (κ1) is 10.5. The SMILES string of the molecule is CCC[C@@]1(C)c2ccccc2N(C)C1C. The van der Waals surface area contributed by atoms with Gasteiger partial charge in [0.2, 0.25) is 0 Å². The number of nitrogens with zero attached hydrogens (tertiary/aromatic N) is 1. The van der Waals surface area contributed by atoms with Gasteiger partial charge in [0.25, 0.3) is 0 Å². The Morgan fingerprint density at radius 3 is 2.67 bits per heavy atom. The summed E-state index contributed by atoms with van der Waals surface area (Å²) in [7, 11) is 2.21. The molecule has 0 amide bonds. The van der Waals surface area contributed by atoms with Gasteiger partial charge in [-0.1, -0.05) is 38.5 Å². The number of fused-ring (bicyclic) bond motifs is 1. The highest BCUT2D eigenvalue weighted by Gasteiger charge is 2.42. The molecule has 82 valence electrons. The highest BCUT2D eigenvalue weighted by Crippen LogP contribution is 2.46. The molecule has 0 saturated heterocycles. The molecule has 0 fully saturated rings. The van der Waals surface area contributed by atoms with Crippen molar-refractivity contribution in [2.24, 2.45) is 0 Å². The summed E-state index contributed by atoms with van der Waals surface area (Å²) < 4.78 is 0. The minimum absolute atomic E-state index is 0.333. The van der Waals surface area contributed by atoms with E-state index >= 15 is 0 Å². The predicted molar refractivity (Wildman–Crippen MR) is 66.6 cm³/mol. The van der Waals surface area contributed by atoms with Gasteiger partial charge in [0, 0.05) is 24.2 Å². The van der Waals surface area contributed by atoms with Gasteiger partial charge >= 0.3 is 0 Å². The molecule has 1 aliphatic rings. The Labute approximate surface area is 93.1 Å². The van der Waals surface area contributed by atoms with Crippen LogP contribution in [0.1, 0.15) is 39.2 Å². The van der Waals surface area contributed by atoms with Crippen molar-refractivity contribution in [3.05, 3.63) is 29.8 Å².